The molecule has 0 unspecified atom stereocenters. The number of rotatable bonds is 6. The van der Waals surface area contributed by atoms with Gasteiger partial charge in [0.1, 0.15) is 5.82 Å². The molecule has 0 atom stereocenters. The van der Waals surface area contributed by atoms with Crippen LogP contribution in [0.5, 0.6) is 6.01 Å². The number of carbonyl (C=O) groups excluding carboxylic acids is 1. The van der Waals surface area contributed by atoms with Crippen molar-refractivity contribution in [2.24, 2.45) is 0 Å². The summed E-state index contributed by atoms with van der Waals surface area (Å²) in [7, 11) is 0. The van der Waals surface area contributed by atoms with Gasteiger partial charge in [0.25, 0.3) is 0 Å². The zero-order chi connectivity index (χ0) is 18.5. The quantitative estimate of drug-likeness (QED) is 0.731. The highest BCUT2D eigenvalue weighted by molar-refractivity contribution is 5.90. The van der Waals surface area contributed by atoms with E-state index in [1.165, 1.54) is 12.1 Å². The van der Waals surface area contributed by atoms with E-state index in [4.69, 9.17) is 4.74 Å². The third-order valence-corrected chi connectivity index (χ3v) is 3.66. The van der Waals surface area contributed by atoms with Crippen LogP contribution >= 0.6 is 0 Å². The zero-order valence-electron chi connectivity index (χ0n) is 14.6. The van der Waals surface area contributed by atoms with Gasteiger partial charge in [0.2, 0.25) is 5.91 Å². The lowest BCUT2D eigenvalue weighted by Crippen LogP contribution is -2.10. The molecule has 6 nitrogen and oxygen atoms in total. The average molecular weight is 354 g/mol. The Morgan fingerprint density at radius 2 is 1.96 bits per heavy atom. The van der Waals surface area contributed by atoms with Gasteiger partial charge in [-0.15, -0.1) is 5.10 Å². The molecule has 1 amide bonds. The standard InChI is InChI=1S/C19H19FN4O2/c1-3-17(25)21-15-6-5-7-16(12-15)24-18(22-19(23-24)26-4-2)13-8-10-14(20)11-9-13/h5-12H,3-4H2,1-2H3,(H,21,25). The third-order valence-electron chi connectivity index (χ3n) is 3.66. The zero-order valence-corrected chi connectivity index (χ0v) is 14.6. The summed E-state index contributed by atoms with van der Waals surface area (Å²) in [5.41, 5.74) is 2.07. The first kappa shape index (κ1) is 17.6. The minimum absolute atomic E-state index is 0.0745. The molecule has 1 aromatic heterocycles. The molecule has 26 heavy (non-hydrogen) atoms. The van der Waals surface area contributed by atoms with Gasteiger partial charge >= 0.3 is 6.01 Å². The van der Waals surface area contributed by atoms with Crippen molar-refractivity contribution in [3.8, 4) is 23.1 Å². The number of hydrogen-bond acceptors (Lipinski definition) is 4. The van der Waals surface area contributed by atoms with E-state index >= 15 is 0 Å². The van der Waals surface area contributed by atoms with Crippen molar-refractivity contribution in [1.82, 2.24) is 14.8 Å². The van der Waals surface area contributed by atoms with Gasteiger partial charge in [0.15, 0.2) is 5.82 Å². The normalized spacial score (nSPS) is 10.6. The molecule has 3 aromatic rings. The second-order valence-electron chi connectivity index (χ2n) is 5.52. The molecule has 0 saturated carbocycles. The Hall–Kier alpha value is -3.22. The third kappa shape index (κ3) is 3.88. The van der Waals surface area contributed by atoms with E-state index in [0.29, 0.717) is 35.8 Å². The van der Waals surface area contributed by atoms with E-state index < -0.39 is 0 Å². The predicted octanol–water partition coefficient (Wildman–Crippen LogP) is 3.82. The highest BCUT2D eigenvalue weighted by Crippen LogP contribution is 2.25. The maximum absolute atomic E-state index is 13.3. The van der Waals surface area contributed by atoms with Crippen molar-refractivity contribution in [2.75, 3.05) is 11.9 Å². The van der Waals surface area contributed by atoms with Gasteiger partial charge in [-0.05, 0) is 49.4 Å². The predicted molar refractivity (Wildman–Crippen MR) is 96.8 cm³/mol. The monoisotopic (exact) mass is 354 g/mol. The van der Waals surface area contributed by atoms with E-state index in [1.807, 2.05) is 19.1 Å². The van der Waals surface area contributed by atoms with Crippen molar-refractivity contribution in [3.05, 3.63) is 54.3 Å². The number of hydrogen-bond donors (Lipinski definition) is 1. The van der Waals surface area contributed by atoms with Gasteiger partial charge < -0.3 is 10.1 Å². The summed E-state index contributed by atoms with van der Waals surface area (Å²) in [6, 6.07) is 13.5. The summed E-state index contributed by atoms with van der Waals surface area (Å²) in [4.78, 5) is 16.0. The summed E-state index contributed by atoms with van der Waals surface area (Å²) >= 11 is 0. The molecule has 0 saturated heterocycles. The molecular weight excluding hydrogens is 335 g/mol. The summed E-state index contributed by atoms with van der Waals surface area (Å²) < 4.78 is 20.3. The number of ether oxygens (including phenoxy) is 1. The summed E-state index contributed by atoms with van der Waals surface area (Å²) in [5.74, 6) is 0.121. The van der Waals surface area contributed by atoms with Gasteiger partial charge in [0, 0.05) is 17.7 Å². The number of aromatic nitrogens is 3. The smallest absolute Gasteiger partial charge is 0.336 e. The number of nitrogens with one attached hydrogen (secondary N) is 1. The molecule has 1 heterocycles. The molecule has 0 aliphatic rings. The summed E-state index contributed by atoms with van der Waals surface area (Å²) in [6.45, 7) is 4.07. The fourth-order valence-corrected chi connectivity index (χ4v) is 2.41. The highest BCUT2D eigenvalue weighted by atomic mass is 19.1. The number of nitrogens with zero attached hydrogens (tertiary/aromatic N) is 3. The SMILES string of the molecule is CCOc1nc(-c2ccc(F)cc2)n(-c2cccc(NC(=O)CC)c2)n1. The summed E-state index contributed by atoms with van der Waals surface area (Å²) in [5, 5.41) is 7.21. The first-order chi connectivity index (χ1) is 12.6. The Morgan fingerprint density at radius 1 is 1.19 bits per heavy atom. The van der Waals surface area contributed by atoms with Gasteiger partial charge in [0.05, 0.1) is 12.3 Å². The molecule has 0 radical (unpaired) electrons. The van der Waals surface area contributed by atoms with Gasteiger partial charge in [-0.25, -0.2) is 9.07 Å². The van der Waals surface area contributed by atoms with Crippen LogP contribution in [-0.2, 0) is 4.79 Å². The number of benzene rings is 2. The van der Waals surface area contributed by atoms with Crippen LogP contribution < -0.4 is 10.1 Å². The largest absolute Gasteiger partial charge is 0.463 e. The Bertz CT molecular complexity index is 906. The molecular formula is C19H19FN4O2. The fraction of sp³-hybridized carbons (Fsp3) is 0.211. The molecule has 134 valence electrons. The van der Waals surface area contributed by atoms with E-state index in [2.05, 4.69) is 15.4 Å². The minimum Gasteiger partial charge on any atom is -0.463 e. The molecule has 0 aliphatic heterocycles. The van der Waals surface area contributed by atoms with Crippen molar-refractivity contribution < 1.29 is 13.9 Å². The van der Waals surface area contributed by atoms with Crippen LogP contribution in [0, 0.1) is 5.82 Å². The van der Waals surface area contributed by atoms with Crippen LogP contribution in [0.4, 0.5) is 10.1 Å². The van der Waals surface area contributed by atoms with Crippen molar-refractivity contribution in [2.45, 2.75) is 20.3 Å². The molecule has 1 N–H and O–H groups in total. The van der Waals surface area contributed by atoms with Crippen LogP contribution in [0.1, 0.15) is 20.3 Å². The first-order valence-corrected chi connectivity index (χ1v) is 8.36. The summed E-state index contributed by atoms with van der Waals surface area (Å²) in [6.07, 6.45) is 0.392. The minimum atomic E-state index is -0.325. The van der Waals surface area contributed by atoms with Crippen LogP contribution in [0.15, 0.2) is 48.5 Å². The number of amides is 1. The Balaban J connectivity index is 2.04. The number of anilines is 1. The molecule has 2 aromatic carbocycles. The van der Waals surface area contributed by atoms with E-state index in [-0.39, 0.29) is 17.7 Å². The average Bonchev–Trinajstić information content (AvgIpc) is 3.07. The lowest BCUT2D eigenvalue weighted by atomic mass is 10.2. The molecule has 0 spiro atoms. The van der Waals surface area contributed by atoms with Crippen molar-refractivity contribution in [3.63, 3.8) is 0 Å². The number of carbonyl (C=O) groups is 1. The number of halogens is 1. The second kappa shape index (κ2) is 7.77. The van der Waals surface area contributed by atoms with Crippen molar-refractivity contribution in [1.29, 1.82) is 0 Å². The van der Waals surface area contributed by atoms with Crippen LogP contribution in [0.2, 0.25) is 0 Å². The Kier molecular flexibility index (Phi) is 5.26. The van der Waals surface area contributed by atoms with E-state index in [1.54, 1.807) is 35.9 Å². The molecule has 0 bridgehead atoms. The van der Waals surface area contributed by atoms with Crippen molar-refractivity contribution >= 4 is 11.6 Å². The Labute approximate surface area is 150 Å². The molecule has 0 aliphatic carbocycles. The lowest BCUT2D eigenvalue weighted by molar-refractivity contribution is -0.115. The second-order valence-corrected chi connectivity index (χ2v) is 5.52. The molecule has 7 heteroatoms. The van der Waals surface area contributed by atoms with Crippen LogP contribution in [0.25, 0.3) is 17.1 Å². The topological polar surface area (TPSA) is 69.0 Å². The first-order valence-electron chi connectivity index (χ1n) is 8.36. The van der Waals surface area contributed by atoms with Gasteiger partial charge in [-0.3, -0.25) is 4.79 Å². The molecule has 0 fully saturated rings. The highest BCUT2D eigenvalue weighted by Gasteiger charge is 2.15. The van der Waals surface area contributed by atoms with E-state index in [0.717, 1.165) is 0 Å². The van der Waals surface area contributed by atoms with Crippen LogP contribution in [0.3, 0.4) is 0 Å². The van der Waals surface area contributed by atoms with Crippen LogP contribution in [-0.4, -0.2) is 27.3 Å². The Morgan fingerprint density at radius 3 is 2.65 bits per heavy atom. The fourth-order valence-electron chi connectivity index (χ4n) is 2.41. The van der Waals surface area contributed by atoms with E-state index in [9.17, 15) is 9.18 Å². The van der Waals surface area contributed by atoms with Gasteiger partial charge in [-0.2, -0.15) is 4.98 Å². The lowest BCUT2D eigenvalue weighted by Gasteiger charge is -2.09. The maximum atomic E-state index is 13.3. The molecule has 3 rings (SSSR count). The van der Waals surface area contributed by atoms with Gasteiger partial charge in [-0.1, -0.05) is 13.0 Å². The maximum Gasteiger partial charge on any atom is 0.336 e.